The minimum atomic E-state index is -0.802. The summed E-state index contributed by atoms with van der Waals surface area (Å²) in [6.07, 6.45) is 0.0617. The first-order valence-electron chi connectivity index (χ1n) is 10.5. The van der Waals surface area contributed by atoms with Crippen molar-refractivity contribution in [1.82, 2.24) is 10.2 Å². The third kappa shape index (κ3) is 4.44. The van der Waals surface area contributed by atoms with Crippen LogP contribution in [-0.2, 0) is 20.7 Å². The number of azide groups is 1. The van der Waals surface area contributed by atoms with Crippen LogP contribution in [0.25, 0.3) is 10.4 Å². The molecule has 0 aromatic heterocycles. The Morgan fingerprint density at radius 3 is 2.69 bits per heavy atom. The summed E-state index contributed by atoms with van der Waals surface area (Å²) in [5.41, 5.74) is 11.9. The predicted octanol–water partition coefficient (Wildman–Crippen LogP) is 3.27. The zero-order valence-corrected chi connectivity index (χ0v) is 17.6. The second kappa shape index (κ2) is 9.38. The van der Waals surface area contributed by atoms with Crippen molar-refractivity contribution in [1.29, 1.82) is 0 Å². The molecule has 1 fully saturated rings. The van der Waals surface area contributed by atoms with Gasteiger partial charge in [-0.05, 0) is 47.2 Å². The Morgan fingerprint density at radius 2 is 1.97 bits per heavy atom. The maximum absolute atomic E-state index is 13.6. The number of halogens is 1. The van der Waals surface area contributed by atoms with Gasteiger partial charge in [0.1, 0.15) is 11.9 Å². The molecule has 166 valence electrons. The summed E-state index contributed by atoms with van der Waals surface area (Å²) in [6, 6.07) is 12.6. The molecule has 4 rings (SSSR count). The molecule has 4 atom stereocenters. The van der Waals surface area contributed by atoms with Gasteiger partial charge in [-0.15, -0.1) is 0 Å². The molecule has 2 aromatic rings. The first-order valence-corrected chi connectivity index (χ1v) is 10.5. The number of hydrogen-bond donors (Lipinski definition) is 1. The van der Waals surface area contributed by atoms with Crippen LogP contribution in [0.15, 0.2) is 53.6 Å². The fourth-order valence-corrected chi connectivity index (χ4v) is 4.54. The third-order valence-corrected chi connectivity index (χ3v) is 6.01. The lowest BCUT2D eigenvalue weighted by molar-refractivity contribution is -0.150. The van der Waals surface area contributed by atoms with E-state index in [0.29, 0.717) is 13.0 Å². The largest absolute Gasteiger partial charge is 0.366 e. The summed E-state index contributed by atoms with van der Waals surface area (Å²) < 4.78 is 19.4. The van der Waals surface area contributed by atoms with E-state index in [1.165, 1.54) is 19.1 Å². The summed E-state index contributed by atoms with van der Waals surface area (Å²) in [6.45, 7) is 1.94. The van der Waals surface area contributed by atoms with E-state index >= 15 is 0 Å². The number of amides is 2. The molecule has 32 heavy (non-hydrogen) atoms. The van der Waals surface area contributed by atoms with Gasteiger partial charge < -0.3 is 15.0 Å². The first-order chi connectivity index (χ1) is 15.5. The highest BCUT2D eigenvalue weighted by Gasteiger charge is 2.40. The summed E-state index contributed by atoms with van der Waals surface area (Å²) in [5.74, 6) is -0.814. The quantitative estimate of drug-likeness (QED) is 0.451. The molecule has 1 saturated heterocycles. The topological polar surface area (TPSA) is 107 Å². The number of benzene rings is 2. The third-order valence-electron chi connectivity index (χ3n) is 6.01. The van der Waals surface area contributed by atoms with E-state index in [1.807, 2.05) is 24.3 Å². The number of carbonyl (C=O) groups is 2. The lowest BCUT2D eigenvalue weighted by Gasteiger charge is -2.41. The smallest absolute Gasteiger partial charge is 0.252 e. The zero-order valence-electron chi connectivity index (χ0n) is 17.6. The van der Waals surface area contributed by atoms with E-state index in [-0.39, 0.29) is 36.7 Å². The van der Waals surface area contributed by atoms with Crippen LogP contribution in [0.5, 0.6) is 0 Å². The van der Waals surface area contributed by atoms with Crippen molar-refractivity contribution in [2.75, 3.05) is 13.2 Å². The van der Waals surface area contributed by atoms with Crippen LogP contribution in [0.1, 0.15) is 36.1 Å². The van der Waals surface area contributed by atoms with E-state index in [1.54, 1.807) is 17.0 Å². The van der Waals surface area contributed by atoms with Crippen molar-refractivity contribution in [2.24, 2.45) is 5.11 Å². The molecule has 0 unspecified atom stereocenters. The fourth-order valence-electron chi connectivity index (χ4n) is 4.54. The monoisotopic (exact) mass is 437 g/mol. The van der Waals surface area contributed by atoms with Gasteiger partial charge >= 0.3 is 0 Å². The minimum Gasteiger partial charge on any atom is -0.366 e. The van der Waals surface area contributed by atoms with E-state index in [4.69, 9.17) is 10.3 Å². The van der Waals surface area contributed by atoms with Crippen LogP contribution >= 0.6 is 0 Å². The second-order valence-corrected chi connectivity index (χ2v) is 8.07. The standard InChI is InChI=1S/C23H24FN5O3/c1-14(30)26-20-13-32-21(12-19(20)27-28-25)23(31)29-11-10-15-4-2-3-5-18(15)22(29)16-6-8-17(24)9-7-16/h2-9,19-22H,10-13H2,1H3,(H,26,30)/t19-,20+,21+,22-/m0/s1. The highest BCUT2D eigenvalue weighted by Crippen LogP contribution is 2.36. The highest BCUT2D eigenvalue weighted by molar-refractivity contribution is 5.82. The number of carbonyl (C=O) groups excluding carboxylic acids is 2. The van der Waals surface area contributed by atoms with Gasteiger partial charge in [-0.25, -0.2) is 4.39 Å². The molecule has 2 amide bonds. The molecular weight excluding hydrogens is 413 g/mol. The van der Waals surface area contributed by atoms with Crippen LogP contribution < -0.4 is 5.32 Å². The summed E-state index contributed by atoms with van der Waals surface area (Å²) >= 11 is 0. The van der Waals surface area contributed by atoms with Crippen molar-refractivity contribution in [3.8, 4) is 0 Å². The molecule has 0 spiro atoms. The van der Waals surface area contributed by atoms with E-state index in [2.05, 4.69) is 15.3 Å². The zero-order chi connectivity index (χ0) is 22.7. The van der Waals surface area contributed by atoms with Crippen molar-refractivity contribution < 1.29 is 18.7 Å². The van der Waals surface area contributed by atoms with Crippen molar-refractivity contribution >= 4 is 11.8 Å². The molecule has 0 bridgehead atoms. The molecule has 8 nitrogen and oxygen atoms in total. The summed E-state index contributed by atoms with van der Waals surface area (Å²) in [4.78, 5) is 29.7. The van der Waals surface area contributed by atoms with E-state index in [9.17, 15) is 14.0 Å². The van der Waals surface area contributed by atoms with Crippen LogP contribution in [0.4, 0.5) is 4.39 Å². The molecule has 0 radical (unpaired) electrons. The minimum absolute atomic E-state index is 0.0747. The van der Waals surface area contributed by atoms with Crippen LogP contribution in [0.2, 0.25) is 0 Å². The Morgan fingerprint density at radius 1 is 1.22 bits per heavy atom. The lowest BCUT2D eigenvalue weighted by atomic mass is 9.87. The van der Waals surface area contributed by atoms with Crippen LogP contribution in [0.3, 0.4) is 0 Å². The lowest BCUT2D eigenvalue weighted by Crippen LogP contribution is -2.55. The van der Waals surface area contributed by atoms with Gasteiger partial charge in [-0.3, -0.25) is 9.59 Å². The van der Waals surface area contributed by atoms with Gasteiger partial charge in [-0.1, -0.05) is 41.5 Å². The normalized spacial score (nSPS) is 24.8. The van der Waals surface area contributed by atoms with Gasteiger partial charge in [0.15, 0.2) is 0 Å². The van der Waals surface area contributed by atoms with E-state index in [0.717, 1.165) is 16.7 Å². The molecule has 0 saturated carbocycles. The molecule has 2 heterocycles. The van der Waals surface area contributed by atoms with Crippen molar-refractivity contribution in [3.05, 3.63) is 81.5 Å². The predicted molar refractivity (Wildman–Crippen MR) is 115 cm³/mol. The molecule has 2 aliphatic heterocycles. The average Bonchev–Trinajstić information content (AvgIpc) is 2.79. The van der Waals surface area contributed by atoms with Crippen molar-refractivity contribution in [3.63, 3.8) is 0 Å². The number of hydrogen-bond acceptors (Lipinski definition) is 4. The van der Waals surface area contributed by atoms with Gasteiger partial charge in [0, 0.05) is 18.4 Å². The van der Waals surface area contributed by atoms with E-state index < -0.39 is 18.2 Å². The fraction of sp³-hybridized carbons (Fsp3) is 0.391. The number of fused-ring (bicyclic) bond motifs is 1. The molecule has 9 heteroatoms. The average molecular weight is 437 g/mol. The Hall–Kier alpha value is -3.42. The Labute approximate surface area is 185 Å². The SMILES string of the molecule is CC(=O)N[C@@H]1CO[C@@H](C(=O)N2CCc3ccccc3[C@@H]2c2ccc(F)cc2)C[C@@H]1N=[N+]=[N-]. The highest BCUT2D eigenvalue weighted by atomic mass is 19.1. The number of ether oxygens (including phenoxy) is 1. The Kier molecular flexibility index (Phi) is 6.39. The first kappa shape index (κ1) is 21.8. The summed E-state index contributed by atoms with van der Waals surface area (Å²) in [7, 11) is 0. The number of rotatable bonds is 4. The molecule has 2 aliphatic rings. The maximum Gasteiger partial charge on any atom is 0.252 e. The molecule has 1 N–H and O–H groups in total. The van der Waals surface area contributed by atoms with Gasteiger partial charge in [0.25, 0.3) is 5.91 Å². The van der Waals surface area contributed by atoms with Crippen molar-refractivity contribution in [2.45, 2.75) is 44.0 Å². The van der Waals surface area contributed by atoms with Crippen LogP contribution in [0, 0.1) is 5.82 Å². The summed E-state index contributed by atoms with van der Waals surface area (Å²) in [5, 5.41) is 6.51. The van der Waals surface area contributed by atoms with Gasteiger partial charge in [0.05, 0.1) is 24.7 Å². The second-order valence-electron chi connectivity index (χ2n) is 8.07. The molecule has 0 aliphatic carbocycles. The van der Waals surface area contributed by atoms with Gasteiger partial charge in [0.2, 0.25) is 5.91 Å². The Bertz CT molecular complexity index is 1050. The molecule has 2 aromatic carbocycles. The Balaban J connectivity index is 1.62. The molecular formula is C23H24FN5O3. The number of nitrogens with one attached hydrogen (secondary N) is 1. The van der Waals surface area contributed by atoms with Crippen LogP contribution in [-0.4, -0.2) is 48.1 Å². The number of nitrogens with zero attached hydrogens (tertiary/aromatic N) is 4. The van der Waals surface area contributed by atoms with Gasteiger partial charge in [-0.2, -0.15) is 0 Å². The maximum atomic E-state index is 13.6.